The summed E-state index contributed by atoms with van der Waals surface area (Å²) in [7, 11) is 0. The van der Waals surface area contributed by atoms with Crippen LogP contribution in [0.5, 0.6) is 0 Å². The maximum atomic E-state index is 14.1. The standard InChI is InChI=1S/C21H27FN4O/c1-16-3-4-19(22)17(13-16)15-26-10-6-21(7-11-26)14-18(5-12-27-21)25-20-23-8-2-9-24-20/h2-4,8-9,13,18H,5-7,10-12,14-15H2,1H3,(H,23,24,25)/t18-/m0/s1. The number of rotatable bonds is 4. The van der Waals surface area contributed by atoms with Gasteiger partial charge in [0.1, 0.15) is 5.82 Å². The molecule has 1 N–H and O–H groups in total. The Kier molecular flexibility index (Phi) is 5.36. The molecule has 27 heavy (non-hydrogen) atoms. The van der Waals surface area contributed by atoms with Crippen LogP contribution in [0.3, 0.4) is 0 Å². The number of aromatic nitrogens is 2. The summed E-state index contributed by atoms with van der Waals surface area (Å²) in [6.07, 6.45) is 7.42. The first-order chi connectivity index (χ1) is 13.1. The summed E-state index contributed by atoms with van der Waals surface area (Å²) in [6.45, 7) is 5.30. The molecule has 1 aromatic carbocycles. The Labute approximate surface area is 160 Å². The molecule has 0 radical (unpaired) electrons. The minimum absolute atomic E-state index is 0.0770. The first kappa shape index (κ1) is 18.3. The Hall–Kier alpha value is -2.05. The van der Waals surface area contributed by atoms with E-state index in [0.29, 0.717) is 18.5 Å². The fourth-order valence-corrected chi connectivity index (χ4v) is 4.24. The second-order valence-corrected chi connectivity index (χ2v) is 7.81. The number of ether oxygens (including phenoxy) is 1. The van der Waals surface area contributed by atoms with Crippen LogP contribution >= 0.6 is 0 Å². The van der Waals surface area contributed by atoms with Gasteiger partial charge in [-0.2, -0.15) is 0 Å². The van der Waals surface area contributed by atoms with Crippen molar-refractivity contribution in [3.8, 4) is 0 Å². The van der Waals surface area contributed by atoms with Crippen LogP contribution in [0.25, 0.3) is 0 Å². The number of likely N-dealkylation sites (tertiary alicyclic amines) is 1. The monoisotopic (exact) mass is 370 g/mol. The number of piperidine rings is 1. The van der Waals surface area contributed by atoms with Crippen molar-refractivity contribution in [3.63, 3.8) is 0 Å². The molecule has 0 unspecified atom stereocenters. The molecule has 0 bridgehead atoms. The number of hydrogen-bond acceptors (Lipinski definition) is 5. The van der Waals surface area contributed by atoms with Crippen molar-refractivity contribution in [2.75, 3.05) is 25.0 Å². The van der Waals surface area contributed by atoms with Gasteiger partial charge in [-0.15, -0.1) is 0 Å². The first-order valence-electron chi connectivity index (χ1n) is 9.77. The summed E-state index contributed by atoms with van der Waals surface area (Å²) in [5.74, 6) is 0.578. The molecule has 6 heteroatoms. The van der Waals surface area contributed by atoms with Gasteiger partial charge in [-0.05, 0) is 44.7 Å². The lowest BCUT2D eigenvalue weighted by molar-refractivity contribution is -0.115. The van der Waals surface area contributed by atoms with Gasteiger partial charge < -0.3 is 10.1 Å². The van der Waals surface area contributed by atoms with Gasteiger partial charge in [0.05, 0.1) is 5.60 Å². The van der Waals surface area contributed by atoms with Crippen molar-refractivity contribution in [2.24, 2.45) is 0 Å². The molecule has 0 aliphatic carbocycles. The summed E-state index contributed by atoms with van der Waals surface area (Å²) in [5.41, 5.74) is 1.82. The average molecular weight is 370 g/mol. The average Bonchev–Trinajstić information content (AvgIpc) is 2.68. The van der Waals surface area contributed by atoms with Gasteiger partial charge in [0, 0.05) is 50.2 Å². The number of nitrogens with zero attached hydrogens (tertiary/aromatic N) is 3. The highest BCUT2D eigenvalue weighted by molar-refractivity contribution is 5.25. The zero-order valence-electron chi connectivity index (χ0n) is 15.8. The minimum Gasteiger partial charge on any atom is -0.375 e. The van der Waals surface area contributed by atoms with E-state index < -0.39 is 0 Å². The molecule has 1 aromatic heterocycles. The van der Waals surface area contributed by atoms with E-state index in [9.17, 15) is 4.39 Å². The smallest absolute Gasteiger partial charge is 0.222 e. The van der Waals surface area contributed by atoms with Crippen molar-refractivity contribution in [2.45, 2.75) is 50.8 Å². The van der Waals surface area contributed by atoms with Crippen LogP contribution in [-0.2, 0) is 11.3 Å². The van der Waals surface area contributed by atoms with E-state index in [1.807, 2.05) is 25.1 Å². The van der Waals surface area contributed by atoms with E-state index in [0.717, 1.165) is 56.5 Å². The van der Waals surface area contributed by atoms with Crippen molar-refractivity contribution < 1.29 is 9.13 Å². The number of hydrogen-bond donors (Lipinski definition) is 1. The molecule has 2 fully saturated rings. The van der Waals surface area contributed by atoms with Crippen molar-refractivity contribution in [3.05, 3.63) is 53.6 Å². The van der Waals surface area contributed by atoms with E-state index in [1.165, 1.54) is 0 Å². The van der Waals surface area contributed by atoms with Gasteiger partial charge in [0.25, 0.3) is 0 Å². The van der Waals surface area contributed by atoms with Crippen LogP contribution in [0.15, 0.2) is 36.7 Å². The van der Waals surface area contributed by atoms with Crippen LogP contribution in [0, 0.1) is 12.7 Å². The molecule has 144 valence electrons. The van der Waals surface area contributed by atoms with E-state index in [1.54, 1.807) is 18.5 Å². The molecule has 5 nitrogen and oxygen atoms in total. The topological polar surface area (TPSA) is 50.3 Å². The highest BCUT2D eigenvalue weighted by Crippen LogP contribution is 2.36. The van der Waals surface area contributed by atoms with Crippen molar-refractivity contribution in [1.29, 1.82) is 0 Å². The predicted molar refractivity (Wildman–Crippen MR) is 103 cm³/mol. The molecule has 1 spiro atoms. The SMILES string of the molecule is Cc1ccc(F)c(CN2CCC3(CC2)C[C@@H](Nc2ncccn2)CCO3)c1. The number of nitrogens with one attached hydrogen (secondary N) is 1. The van der Waals surface area contributed by atoms with E-state index in [-0.39, 0.29) is 11.4 Å². The lowest BCUT2D eigenvalue weighted by atomic mass is 9.82. The zero-order chi connectivity index (χ0) is 18.7. The zero-order valence-corrected chi connectivity index (χ0v) is 15.8. The summed E-state index contributed by atoms with van der Waals surface area (Å²) >= 11 is 0. The van der Waals surface area contributed by atoms with Crippen LogP contribution in [0.2, 0.25) is 0 Å². The first-order valence-corrected chi connectivity index (χ1v) is 9.77. The largest absolute Gasteiger partial charge is 0.375 e. The Morgan fingerprint density at radius 3 is 2.81 bits per heavy atom. The molecular formula is C21H27FN4O. The van der Waals surface area contributed by atoms with Gasteiger partial charge in [-0.1, -0.05) is 17.7 Å². The molecule has 0 amide bonds. The lowest BCUT2D eigenvalue weighted by Crippen LogP contribution is -2.51. The van der Waals surface area contributed by atoms with Crippen LogP contribution in [0.1, 0.15) is 36.8 Å². The molecule has 2 aliphatic heterocycles. The highest BCUT2D eigenvalue weighted by atomic mass is 19.1. The van der Waals surface area contributed by atoms with Crippen LogP contribution < -0.4 is 5.32 Å². The minimum atomic E-state index is -0.109. The third kappa shape index (κ3) is 4.45. The third-order valence-electron chi connectivity index (χ3n) is 5.75. The molecule has 3 heterocycles. The third-order valence-corrected chi connectivity index (χ3v) is 5.75. The van der Waals surface area contributed by atoms with Gasteiger partial charge in [-0.25, -0.2) is 14.4 Å². The number of aryl methyl sites for hydroxylation is 1. The Balaban J connectivity index is 1.34. The summed E-state index contributed by atoms with van der Waals surface area (Å²) < 4.78 is 20.3. The molecular weight excluding hydrogens is 343 g/mol. The van der Waals surface area contributed by atoms with Gasteiger partial charge >= 0.3 is 0 Å². The molecule has 2 aromatic rings. The van der Waals surface area contributed by atoms with Crippen LogP contribution in [0.4, 0.5) is 10.3 Å². The normalized spacial score (nSPS) is 22.7. The Morgan fingerprint density at radius 1 is 1.26 bits per heavy atom. The molecule has 2 saturated heterocycles. The van der Waals surface area contributed by atoms with Crippen molar-refractivity contribution in [1.82, 2.24) is 14.9 Å². The second-order valence-electron chi connectivity index (χ2n) is 7.81. The fourth-order valence-electron chi connectivity index (χ4n) is 4.24. The number of halogens is 1. The number of anilines is 1. The van der Waals surface area contributed by atoms with Gasteiger partial charge in [0.15, 0.2) is 0 Å². The quantitative estimate of drug-likeness (QED) is 0.892. The van der Waals surface area contributed by atoms with E-state index in [4.69, 9.17) is 4.74 Å². The second kappa shape index (κ2) is 7.90. The lowest BCUT2D eigenvalue weighted by Gasteiger charge is -2.46. The van der Waals surface area contributed by atoms with E-state index in [2.05, 4.69) is 20.2 Å². The summed E-state index contributed by atoms with van der Waals surface area (Å²) in [5, 5.41) is 3.45. The predicted octanol–water partition coefficient (Wildman–Crippen LogP) is 3.55. The summed E-state index contributed by atoms with van der Waals surface area (Å²) in [6, 6.07) is 7.51. The molecule has 2 aliphatic rings. The highest BCUT2D eigenvalue weighted by Gasteiger charge is 2.40. The van der Waals surface area contributed by atoms with Crippen LogP contribution in [-0.4, -0.2) is 46.2 Å². The number of benzene rings is 1. The van der Waals surface area contributed by atoms with Gasteiger partial charge in [0.2, 0.25) is 5.95 Å². The molecule has 0 saturated carbocycles. The Bertz CT molecular complexity index is 762. The Morgan fingerprint density at radius 2 is 2.04 bits per heavy atom. The van der Waals surface area contributed by atoms with E-state index >= 15 is 0 Å². The fraction of sp³-hybridized carbons (Fsp3) is 0.524. The maximum Gasteiger partial charge on any atom is 0.222 e. The van der Waals surface area contributed by atoms with Gasteiger partial charge in [-0.3, -0.25) is 4.90 Å². The molecule has 4 rings (SSSR count). The molecule has 1 atom stereocenters. The summed E-state index contributed by atoms with van der Waals surface area (Å²) in [4.78, 5) is 10.9. The maximum absolute atomic E-state index is 14.1. The van der Waals surface area contributed by atoms with Crippen molar-refractivity contribution >= 4 is 5.95 Å².